The van der Waals surface area contributed by atoms with Gasteiger partial charge in [-0.05, 0) is 63.0 Å². The molecule has 9 heteroatoms. The highest BCUT2D eigenvalue weighted by molar-refractivity contribution is 9.13. The molecule has 3 rings (SSSR count). The van der Waals surface area contributed by atoms with Crippen LogP contribution in [0.2, 0.25) is 0 Å². The van der Waals surface area contributed by atoms with Gasteiger partial charge in [-0.25, -0.2) is 5.43 Å². The van der Waals surface area contributed by atoms with Crippen LogP contribution in [0.25, 0.3) is 0 Å². The molecule has 0 spiro atoms. The van der Waals surface area contributed by atoms with Crippen LogP contribution >= 0.6 is 31.9 Å². The molecule has 2 N–H and O–H groups in total. The number of phenolic OH excluding ortho intramolecular Hbond substituents is 1. The van der Waals surface area contributed by atoms with Gasteiger partial charge in [0.2, 0.25) is 0 Å². The van der Waals surface area contributed by atoms with Crippen molar-refractivity contribution in [3.63, 3.8) is 0 Å². The predicted molar refractivity (Wildman–Crippen MR) is 107 cm³/mol. The van der Waals surface area contributed by atoms with Crippen LogP contribution in [0, 0.1) is 0 Å². The number of phenols is 1. The van der Waals surface area contributed by atoms with E-state index in [0.29, 0.717) is 57.1 Å². The van der Waals surface area contributed by atoms with Crippen molar-refractivity contribution in [1.29, 1.82) is 0 Å². The third-order valence-electron chi connectivity index (χ3n) is 3.65. The van der Waals surface area contributed by atoms with Crippen LogP contribution in [-0.4, -0.2) is 37.0 Å². The molecule has 0 aliphatic carbocycles. The molecule has 1 heterocycles. The first kappa shape index (κ1) is 19.5. The van der Waals surface area contributed by atoms with Crippen molar-refractivity contribution in [3.05, 3.63) is 44.3 Å². The summed E-state index contributed by atoms with van der Waals surface area (Å²) in [7, 11) is 0. The topological polar surface area (TPSA) is 89.4 Å². The van der Waals surface area contributed by atoms with Gasteiger partial charge in [0.1, 0.15) is 13.2 Å². The predicted octanol–water partition coefficient (Wildman–Crippen LogP) is 3.85. The van der Waals surface area contributed by atoms with Crippen molar-refractivity contribution in [3.8, 4) is 23.0 Å². The molecule has 1 amide bonds. The maximum atomic E-state index is 12.3. The summed E-state index contributed by atoms with van der Waals surface area (Å²) in [5.41, 5.74) is 3.48. The molecule has 0 aromatic heterocycles. The van der Waals surface area contributed by atoms with E-state index in [-0.39, 0.29) is 11.7 Å². The summed E-state index contributed by atoms with van der Waals surface area (Å²) in [5.74, 6) is 1.06. The Kier molecular flexibility index (Phi) is 6.22. The van der Waals surface area contributed by atoms with Gasteiger partial charge in [-0.15, -0.1) is 0 Å². The maximum absolute atomic E-state index is 12.3. The van der Waals surface area contributed by atoms with Gasteiger partial charge in [0.05, 0.1) is 17.3 Å². The largest absolute Gasteiger partial charge is 0.503 e. The van der Waals surface area contributed by atoms with Gasteiger partial charge in [0.25, 0.3) is 5.91 Å². The Morgan fingerprint density at radius 1 is 1.26 bits per heavy atom. The number of fused-ring (bicyclic) bond motifs is 1. The number of carbonyl (C=O) groups is 1. The second kappa shape index (κ2) is 8.62. The fourth-order valence-electron chi connectivity index (χ4n) is 2.38. The van der Waals surface area contributed by atoms with Crippen molar-refractivity contribution in [2.24, 2.45) is 5.10 Å². The minimum Gasteiger partial charge on any atom is -0.503 e. The molecule has 0 saturated carbocycles. The molecule has 0 radical (unpaired) electrons. The summed E-state index contributed by atoms with van der Waals surface area (Å²) in [5, 5.41) is 14.0. The van der Waals surface area contributed by atoms with E-state index < -0.39 is 0 Å². The number of amides is 1. The zero-order valence-corrected chi connectivity index (χ0v) is 17.5. The summed E-state index contributed by atoms with van der Waals surface area (Å²) in [6.07, 6.45) is 1.45. The molecular formula is C18H16Br2N2O5. The fourth-order valence-corrected chi connectivity index (χ4v) is 3.21. The highest BCUT2D eigenvalue weighted by Crippen LogP contribution is 2.41. The third kappa shape index (κ3) is 4.36. The Labute approximate surface area is 172 Å². The van der Waals surface area contributed by atoms with Gasteiger partial charge in [0, 0.05) is 15.6 Å². The molecule has 0 atom stereocenters. The van der Waals surface area contributed by atoms with E-state index in [1.165, 1.54) is 6.21 Å². The minimum absolute atomic E-state index is 0.0128. The van der Waals surface area contributed by atoms with Gasteiger partial charge in [0.15, 0.2) is 23.0 Å². The van der Waals surface area contributed by atoms with E-state index in [9.17, 15) is 9.90 Å². The van der Waals surface area contributed by atoms with Crippen molar-refractivity contribution < 1.29 is 24.1 Å². The normalized spacial score (nSPS) is 12.9. The molecule has 142 valence electrons. The second-order valence-corrected chi connectivity index (χ2v) is 7.02. The van der Waals surface area contributed by atoms with Gasteiger partial charge in [-0.1, -0.05) is 0 Å². The lowest BCUT2D eigenvalue weighted by Crippen LogP contribution is -2.19. The van der Waals surface area contributed by atoms with Crippen LogP contribution in [0.3, 0.4) is 0 Å². The molecule has 1 aliphatic rings. The number of ether oxygens (including phenoxy) is 3. The molecule has 1 aliphatic heterocycles. The molecule has 0 saturated heterocycles. The number of nitrogens with zero attached hydrogens (tertiary/aromatic N) is 1. The number of rotatable bonds is 5. The molecule has 2 aromatic rings. The number of hydrazone groups is 1. The van der Waals surface area contributed by atoms with Crippen LogP contribution in [0.1, 0.15) is 22.8 Å². The first-order chi connectivity index (χ1) is 13.0. The third-order valence-corrected chi connectivity index (χ3v) is 5.81. The van der Waals surface area contributed by atoms with Crippen molar-refractivity contribution in [1.82, 2.24) is 5.43 Å². The average molecular weight is 500 g/mol. The Bertz CT molecular complexity index is 902. The smallest absolute Gasteiger partial charge is 0.271 e. The summed E-state index contributed by atoms with van der Waals surface area (Å²) in [4.78, 5) is 12.3. The first-order valence-corrected chi connectivity index (χ1v) is 9.66. The lowest BCUT2D eigenvalue weighted by Gasteiger charge is -2.18. The Morgan fingerprint density at radius 2 is 2.00 bits per heavy atom. The summed E-state index contributed by atoms with van der Waals surface area (Å²) in [6.45, 7) is 3.15. The quantitative estimate of drug-likeness (QED) is 0.481. The van der Waals surface area contributed by atoms with Gasteiger partial charge >= 0.3 is 0 Å². The van der Waals surface area contributed by atoms with E-state index in [1.807, 2.05) is 6.92 Å². The minimum atomic E-state index is -0.387. The molecule has 7 nitrogen and oxygen atoms in total. The summed E-state index contributed by atoms with van der Waals surface area (Å²) < 4.78 is 17.3. The molecular weight excluding hydrogens is 484 g/mol. The van der Waals surface area contributed by atoms with Gasteiger partial charge < -0.3 is 19.3 Å². The summed E-state index contributed by atoms with van der Waals surface area (Å²) >= 11 is 6.66. The van der Waals surface area contributed by atoms with Crippen molar-refractivity contribution in [2.75, 3.05) is 19.8 Å². The number of hydrogen-bond acceptors (Lipinski definition) is 6. The molecule has 27 heavy (non-hydrogen) atoms. The van der Waals surface area contributed by atoms with Crippen LogP contribution < -0.4 is 19.6 Å². The number of nitrogens with one attached hydrogen (secondary N) is 1. The zero-order chi connectivity index (χ0) is 19.4. The Hall–Kier alpha value is -2.26. The van der Waals surface area contributed by atoms with Gasteiger partial charge in [-0.3, -0.25) is 4.79 Å². The molecule has 0 bridgehead atoms. The second-order valence-electron chi connectivity index (χ2n) is 5.43. The van der Waals surface area contributed by atoms with Crippen LogP contribution in [0.4, 0.5) is 0 Å². The number of carbonyl (C=O) groups excluding carboxylic acids is 1. The highest BCUT2D eigenvalue weighted by atomic mass is 79.9. The van der Waals surface area contributed by atoms with Crippen LogP contribution in [0.5, 0.6) is 23.0 Å². The SMILES string of the molecule is CCOc1cc(/C=N/NC(=O)c2ccc3c(c2)OCCO3)c(Br)c(Br)c1O. The van der Waals surface area contributed by atoms with E-state index in [4.69, 9.17) is 14.2 Å². The Balaban J connectivity index is 1.74. The van der Waals surface area contributed by atoms with Crippen LogP contribution in [-0.2, 0) is 0 Å². The van der Waals surface area contributed by atoms with E-state index in [0.717, 1.165) is 0 Å². The lowest BCUT2D eigenvalue weighted by molar-refractivity contribution is 0.0954. The van der Waals surface area contributed by atoms with E-state index in [1.54, 1.807) is 24.3 Å². The monoisotopic (exact) mass is 498 g/mol. The molecule has 0 fully saturated rings. The van der Waals surface area contributed by atoms with Gasteiger partial charge in [-0.2, -0.15) is 5.10 Å². The highest BCUT2D eigenvalue weighted by Gasteiger charge is 2.16. The van der Waals surface area contributed by atoms with Crippen LogP contribution in [0.15, 0.2) is 38.3 Å². The number of halogens is 2. The number of hydrogen-bond donors (Lipinski definition) is 2. The molecule has 2 aromatic carbocycles. The zero-order valence-electron chi connectivity index (χ0n) is 14.3. The van der Waals surface area contributed by atoms with Crippen molar-refractivity contribution >= 4 is 44.0 Å². The Morgan fingerprint density at radius 3 is 2.74 bits per heavy atom. The summed E-state index contributed by atoms with van der Waals surface area (Å²) in [6, 6.07) is 6.56. The number of benzene rings is 2. The molecule has 0 unspecified atom stereocenters. The first-order valence-electron chi connectivity index (χ1n) is 8.08. The lowest BCUT2D eigenvalue weighted by atomic mass is 10.2. The maximum Gasteiger partial charge on any atom is 0.271 e. The van der Waals surface area contributed by atoms with E-state index in [2.05, 4.69) is 42.4 Å². The van der Waals surface area contributed by atoms with E-state index >= 15 is 0 Å². The fraction of sp³-hybridized carbons (Fsp3) is 0.222. The average Bonchev–Trinajstić information content (AvgIpc) is 2.69. The number of aromatic hydroxyl groups is 1. The van der Waals surface area contributed by atoms with Crippen molar-refractivity contribution in [2.45, 2.75) is 6.92 Å². The standard InChI is InChI=1S/C18H16Br2N2O5/c1-2-25-14-8-11(15(19)16(20)17(14)23)9-21-22-18(24)10-3-4-12-13(7-10)27-6-5-26-12/h3-4,7-9,23H,2,5-6H2,1H3,(H,22,24)/b21-9+.